The zero-order chi connectivity index (χ0) is 20.6. The van der Waals surface area contributed by atoms with Crippen molar-refractivity contribution >= 4 is 52.5 Å². The normalized spacial score (nSPS) is 15.9. The number of para-hydroxylation sites is 1. The van der Waals surface area contributed by atoms with Crippen LogP contribution in [0.25, 0.3) is 0 Å². The number of thioether (sulfide) groups is 1. The van der Waals surface area contributed by atoms with Gasteiger partial charge in [0.1, 0.15) is 0 Å². The van der Waals surface area contributed by atoms with E-state index in [4.69, 9.17) is 27.9 Å². The molecule has 29 heavy (non-hydrogen) atoms. The van der Waals surface area contributed by atoms with Gasteiger partial charge in [-0.05, 0) is 42.7 Å². The van der Waals surface area contributed by atoms with Gasteiger partial charge in [0.15, 0.2) is 0 Å². The SMILES string of the molecule is O=C(CSCc1ccc(Cl)c(Cl)c1)Nc1ccccc1C(=O)NC[C@@H]1CCCO1. The number of benzene rings is 2. The summed E-state index contributed by atoms with van der Waals surface area (Å²) in [5, 5.41) is 6.72. The fraction of sp³-hybridized carbons (Fsp3) is 0.333. The van der Waals surface area contributed by atoms with Crippen molar-refractivity contribution in [3.63, 3.8) is 0 Å². The molecule has 0 saturated carbocycles. The maximum Gasteiger partial charge on any atom is 0.253 e. The molecule has 1 atom stereocenters. The third-order valence-corrected chi connectivity index (χ3v) is 6.19. The van der Waals surface area contributed by atoms with Gasteiger partial charge < -0.3 is 15.4 Å². The summed E-state index contributed by atoms with van der Waals surface area (Å²) in [5.74, 6) is 0.495. The van der Waals surface area contributed by atoms with Gasteiger partial charge >= 0.3 is 0 Å². The highest BCUT2D eigenvalue weighted by molar-refractivity contribution is 7.99. The molecule has 0 aromatic heterocycles. The molecular weight excluding hydrogens is 431 g/mol. The maximum absolute atomic E-state index is 12.5. The smallest absolute Gasteiger partial charge is 0.253 e. The molecule has 1 fully saturated rings. The summed E-state index contributed by atoms with van der Waals surface area (Å²) in [5.41, 5.74) is 1.93. The molecular formula is C21H22Cl2N2O3S. The molecule has 2 amide bonds. The summed E-state index contributed by atoms with van der Waals surface area (Å²) >= 11 is 13.4. The van der Waals surface area contributed by atoms with Crippen molar-refractivity contribution < 1.29 is 14.3 Å². The van der Waals surface area contributed by atoms with Crippen molar-refractivity contribution in [2.45, 2.75) is 24.7 Å². The number of ether oxygens (including phenoxy) is 1. The van der Waals surface area contributed by atoms with Gasteiger partial charge in [0.2, 0.25) is 5.91 Å². The Morgan fingerprint density at radius 2 is 1.97 bits per heavy atom. The van der Waals surface area contributed by atoms with Gasteiger partial charge in [0, 0.05) is 18.9 Å². The molecule has 5 nitrogen and oxygen atoms in total. The number of hydrogen-bond acceptors (Lipinski definition) is 4. The van der Waals surface area contributed by atoms with Crippen LogP contribution >= 0.6 is 35.0 Å². The fourth-order valence-electron chi connectivity index (χ4n) is 2.97. The first-order chi connectivity index (χ1) is 14.0. The van der Waals surface area contributed by atoms with Crippen molar-refractivity contribution in [2.75, 3.05) is 24.2 Å². The third-order valence-electron chi connectivity index (χ3n) is 4.45. The Bertz CT molecular complexity index is 873. The Morgan fingerprint density at radius 1 is 1.14 bits per heavy atom. The van der Waals surface area contributed by atoms with Crippen LogP contribution in [-0.4, -0.2) is 36.8 Å². The maximum atomic E-state index is 12.5. The molecule has 1 saturated heterocycles. The van der Waals surface area contributed by atoms with Gasteiger partial charge in [-0.1, -0.05) is 41.4 Å². The third kappa shape index (κ3) is 6.64. The van der Waals surface area contributed by atoms with Crippen molar-refractivity contribution in [2.24, 2.45) is 0 Å². The predicted molar refractivity (Wildman–Crippen MR) is 119 cm³/mol. The summed E-state index contributed by atoms with van der Waals surface area (Å²) < 4.78 is 5.53. The summed E-state index contributed by atoms with van der Waals surface area (Å²) in [7, 11) is 0. The summed E-state index contributed by atoms with van der Waals surface area (Å²) in [6.07, 6.45) is 2.04. The zero-order valence-corrected chi connectivity index (χ0v) is 18.1. The number of halogens is 2. The van der Waals surface area contributed by atoms with E-state index >= 15 is 0 Å². The minimum absolute atomic E-state index is 0.0680. The highest BCUT2D eigenvalue weighted by Gasteiger charge is 2.18. The highest BCUT2D eigenvalue weighted by Crippen LogP contribution is 2.25. The number of nitrogens with one attached hydrogen (secondary N) is 2. The van der Waals surface area contributed by atoms with Gasteiger partial charge in [-0.2, -0.15) is 0 Å². The number of carbonyl (C=O) groups is 2. The fourth-order valence-corrected chi connectivity index (χ4v) is 4.07. The summed E-state index contributed by atoms with van der Waals surface area (Å²) in [6.45, 7) is 1.22. The largest absolute Gasteiger partial charge is 0.376 e. The van der Waals surface area contributed by atoms with Crippen molar-refractivity contribution in [3.05, 3.63) is 63.6 Å². The monoisotopic (exact) mass is 452 g/mol. The molecule has 0 radical (unpaired) electrons. The van der Waals surface area contributed by atoms with E-state index in [0.717, 1.165) is 25.0 Å². The lowest BCUT2D eigenvalue weighted by molar-refractivity contribution is -0.113. The zero-order valence-electron chi connectivity index (χ0n) is 15.8. The number of rotatable bonds is 8. The Kier molecular flexibility index (Phi) is 8.24. The Labute approximate surface area is 184 Å². The molecule has 154 valence electrons. The summed E-state index contributed by atoms with van der Waals surface area (Å²) in [6, 6.07) is 12.4. The Balaban J connectivity index is 1.50. The van der Waals surface area contributed by atoms with E-state index in [1.54, 1.807) is 36.4 Å². The minimum Gasteiger partial charge on any atom is -0.376 e. The van der Waals surface area contributed by atoms with Gasteiger partial charge in [-0.15, -0.1) is 11.8 Å². The number of anilines is 1. The standard InChI is InChI=1S/C21H22Cl2N2O3S/c22-17-8-7-14(10-18(17)23)12-29-13-20(26)25-19-6-2-1-5-16(19)21(27)24-11-15-4-3-9-28-15/h1-2,5-8,10,15H,3-4,9,11-13H2,(H,24,27)(H,25,26)/t15-/m0/s1. The van der Waals surface area contributed by atoms with Gasteiger partial charge in [-0.3, -0.25) is 9.59 Å². The number of amides is 2. The van der Waals surface area contributed by atoms with Crippen molar-refractivity contribution in [1.29, 1.82) is 0 Å². The predicted octanol–water partition coefficient (Wildman–Crippen LogP) is 4.77. The molecule has 2 N–H and O–H groups in total. The van der Waals surface area contributed by atoms with Crippen molar-refractivity contribution in [1.82, 2.24) is 5.32 Å². The second kappa shape index (κ2) is 10.9. The van der Waals surface area contributed by atoms with Crippen LogP contribution in [0.5, 0.6) is 0 Å². The van der Waals surface area contributed by atoms with Crippen LogP contribution in [0.3, 0.4) is 0 Å². The Hall–Kier alpha value is -1.73. The van der Waals surface area contributed by atoms with E-state index < -0.39 is 0 Å². The van der Waals surface area contributed by atoms with Crippen LogP contribution in [0.1, 0.15) is 28.8 Å². The molecule has 0 bridgehead atoms. The quantitative estimate of drug-likeness (QED) is 0.604. The Morgan fingerprint density at radius 3 is 2.72 bits per heavy atom. The molecule has 8 heteroatoms. The van der Waals surface area contributed by atoms with Gasteiger partial charge in [0.25, 0.3) is 5.91 Å². The van der Waals surface area contributed by atoms with E-state index in [2.05, 4.69) is 10.6 Å². The molecule has 1 aliphatic heterocycles. The average molecular weight is 453 g/mol. The van der Waals surface area contributed by atoms with Crippen LogP contribution in [0.15, 0.2) is 42.5 Å². The van der Waals surface area contributed by atoms with E-state index in [0.29, 0.717) is 33.6 Å². The first-order valence-electron chi connectivity index (χ1n) is 9.33. The van der Waals surface area contributed by atoms with E-state index in [1.807, 2.05) is 6.07 Å². The molecule has 2 aromatic carbocycles. The molecule has 2 aromatic rings. The van der Waals surface area contributed by atoms with Crippen LogP contribution in [0, 0.1) is 0 Å². The second-order valence-corrected chi connectivity index (χ2v) is 8.48. The molecule has 0 aliphatic carbocycles. The lowest BCUT2D eigenvalue weighted by Crippen LogP contribution is -2.32. The van der Waals surface area contributed by atoms with E-state index in [9.17, 15) is 9.59 Å². The number of hydrogen-bond donors (Lipinski definition) is 2. The average Bonchev–Trinajstić information content (AvgIpc) is 3.23. The summed E-state index contributed by atoms with van der Waals surface area (Å²) in [4.78, 5) is 24.9. The molecule has 1 aliphatic rings. The lowest BCUT2D eigenvalue weighted by Gasteiger charge is -2.13. The topological polar surface area (TPSA) is 67.4 Å². The first-order valence-corrected chi connectivity index (χ1v) is 11.2. The molecule has 3 rings (SSSR count). The minimum atomic E-state index is -0.222. The van der Waals surface area contributed by atoms with Crippen LogP contribution < -0.4 is 10.6 Å². The van der Waals surface area contributed by atoms with Gasteiger partial charge in [-0.25, -0.2) is 0 Å². The van der Waals surface area contributed by atoms with Gasteiger partial charge in [0.05, 0.1) is 33.2 Å². The van der Waals surface area contributed by atoms with Crippen molar-refractivity contribution in [3.8, 4) is 0 Å². The molecule has 1 heterocycles. The van der Waals surface area contributed by atoms with E-state index in [1.165, 1.54) is 11.8 Å². The first kappa shape index (κ1) is 22.0. The molecule has 0 unspecified atom stereocenters. The van der Waals surface area contributed by atoms with Crippen LogP contribution in [0.4, 0.5) is 5.69 Å². The second-order valence-electron chi connectivity index (χ2n) is 6.68. The van der Waals surface area contributed by atoms with Crippen LogP contribution in [-0.2, 0) is 15.3 Å². The highest BCUT2D eigenvalue weighted by atomic mass is 35.5. The van der Waals surface area contributed by atoms with E-state index in [-0.39, 0.29) is 23.7 Å². The lowest BCUT2D eigenvalue weighted by atomic mass is 10.1. The molecule has 0 spiro atoms. The van der Waals surface area contributed by atoms with Crippen LogP contribution in [0.2, 0.25) is 10.0 Å². The number of carbonyl (C=O) groups excluding carboxylic acids is 2.